The Morgan fingerprint density at radius 1 is 1.32 bits per heavy atom. The van der Waals surface area contributed by atoms with E-state index in [1.54, 1.807) is 0 Å². The van der Waals surface area contributed by atoms with Crippen molar-refractivity contribution in [2.75, 3.05) is 36.4 Å². The van der Waals surface area contributed by atoms with Gasteiger partial charge in [-0.1, -0.05) is 13.8 Å². The van der Waals surface area contributed by atoms with E-state index < -0.39 is 0 Å². The van der Waals surface area contributed by atoms with Gasteiger partial charge in [-0.05, 0) is 37.2 Å². The molecule has 2 aliphatic heterocycles. The molecule has 25 heavy (non-hydrogen) atoms. The number of piperazine rings is 1. The number of hydrogen-bond donors (Lipinski definition) is 4. The lowest BCUT2D eigenvalue weighted by molar-refractivity contribution is 0.314. The van der Waals surface area contributed by atoms with Crippen molar-refractivity contribution < 1.29 is 0 Å². The Bertz CT molecular complexity index is 578. The normalized spacial score (nSPS) is 32.7. The van der Waals surface area contributed by atoms with Crippen molar-refractivity contribution in [3.63, 3.8) is 0 Å². The highest BCUT2D eigenvalue weighted by Gasteiger charge is 2.33. The number of nitrogens with one attached hydrogen (secondary N) is 4. The molecule has 1 aromatic rings. The lowest BCUT2D eigenvalue weighted by Crippen LogP contribution is -2.53. The van der Waals surface area contributed by atoms with Gasteiger partial charge in [0.05, 0.1) is 0 Å². The van der Waals surface area contributed by atoms with Gasteiger partial charge in [-0.15, -0.1) is 0 Å². The zero-order valence-electron chi connectivity index (χ0n) is 15.3. The van der Waals surface area contributed by atoms with Crippen molar-refractivity contribution >= 4 is 11.8 Å². The highest BCUT2D eigenvalue weighted by atomic mass is 15.4. The summed E-state index contributed by atoms with van der Waals surface area (Å²) in [7, 11) is 0. The van der Waals surface area contributed by atoms with E-state index in [-0.39, 0.29) is 0 Å². The molecule has 4 rings (SSSR count). The van der Waals surface area contributed by atoms with Crippen molar-refractivity contribution in [2.24, 2.45) is 11.8 Å². The van der Waals surface area contributed by atoms with Gasteiger partial charge in [0.1, 0.15) is 5.82 Å². The second-order valence-corrected chi connectivity index (χ2v) is 8.04. The summed E-state index contributed by atoms with van der Waals surface area (Å²) in [4.78, 5) is 11.7. The molecular weight excluding hydrogens is 314 g/mol. The molecule has 0 aromatic carbocycles. The maximum absolute atomic E-state index is 4.81. The minimum absolute atomic E-state index is 0.506. The number of hydrogen-bond acceptors (Lipinski definition) is 7. The summed E-state index contributed by atoms with van der Waals surface area (Å²) >= 11 is 0. The number of aromatic nitrogens is 2. The summed E-state index contributed by atoms with van der Waals surface area (Å²) in [5.74, 6) is 3.17. The first-order chi connectivity index (χ1) is 12.2. The second-order valence-electron chi connectivity index (χ2n) is 8.04. The van der Waals surface area contributed by atoms with Crippen molar-refractivity contribution in [1.29, 1.82) is 0 Å². The number of rotatable bonds is 4. The van der Waals surface area contributed by atoms with Crippen LogP contribution in [0.1, 0.15) is 33.1 Å². The first-order valence-corrected chi connectivity index (χ1v) is 9.75. The van der Waals surface area contributed by atoms with Crippen molar-refractivity contribution in [3.05, 3.63) is 12.3 Å². The van der Waals surface area contributed by atoms with Crippen LogP contribution in [0.15, 0.2) is 12.3 Å². The highest BCUT2D eigenvalue weighted by molar-refractivity contribution is 5.42. The van der Waals surface area contributed by atoms with E-state index in [0.717, 1.165) is 43.9 Å². The van der Waals surface area contributed by atoms with Gasteiger partial charge >= 0.3 is 0 Å². The smallest absolute Gasteiger partial charge is 0.227 e. The summed E-state index contributed by atoms with van der Waals surface area (Å²) in [6.45, 7) is 8.56. The van der Waals surface area contributed by atoms with E-state index in [1.807, 2.05) is 12.3 Å². The zero-order valence-corrected chi connectivity index (χ0v) is 15.3. The average Bonchev–Trinajstić information content (AvgIpc) is 3.10. The monoisotopic (exact) mass is 345 g/mol. The van der Waals surface area contributed by atoms with Gasteiger partial charge in [0.25, 0.3) is 0 Å². The molecule has 2 saturated heterocycles. The summed E-state index contributed by atoms with van der Waals surface area (Å²) < 4.78 is 0. The third-order valence-corrected chi connectivity index (χ3v) is 5.92. The molecule has 0 amide bonds. The molecule has 3 aliphatic rings. The Kier molecular flexibility index (Phi) is 5.05. The Morgan fingerprint density at radius 3 is 3.12 bits per heavy atom. The van der Waals surface area contributed by atoms with E-state index in [4.69, 9.17) is 4.98 Å². The number of nitrogens with zero attached hydrogens (tertiary/aromatic N) is 3. The van der Waals surface area contributed by atoms with Crippen molar-refractivity contribution in [3.8, 4) is 0 Å². The average molecular weight is 345 g/mol. The minimum Gasteiger partial charge on any atom is -0.367 e. The molecule has 4 atom stereocenters. The molecule has 0 spiro atoms. The van der Waals surface area contributed by atoms with E-state index in [9.17, 15) is 0 Å². The fourth-order valence-corrected chi connectivity index (χ4v) is 4.33. The standard InChI is InChI=1S/C18H31N7/c1-12(2)16-11-25(8-7-19-16)18-20-6-5-17(23-18)22-14-3-4-15-13(9-14)10-21-24-15/h5-6,12-16,19,21,24H,3-4,7-11H2,1-2H3,(H,20,22,23). The second kappa shape index (κ2) is 7.43. The topological polar surface area (TPSA) is 77.1 Å². The predicted octanol–water partition coefficient (Wildman–Crippen LogP) is 0.968. The highest BCUT2D eigenvalue weighted by Crippen LogP contribution is 2.28. The van der Waals surface area contributed by atoms with Crippen LogP contribution in [0.4, 0.5) is 11.8 Å². The summed E-state index contributed by atoms with van der Waals surface area (Å²) in [6.07, 6.45) is 5.51. The van der Waals surface area contributed by atoms with Crippen LogP contribution in [0.2, 0.25) is 0 Å². The first kappa shape index (κ1) is 17.0. The summed E-state index contributed by atoms with van der Waals surface area (Å²) in [6, 6.07) is 3.67. The van der Waals surface area contributed by atoms with Gasteiger partial charge in [0.2, 0.25) is 5.95 Å². The largest absolute Gasteiger partial charge is 0.367 e. The fourth-order valence-electron chi connectivity index (χ4n) is 4.33. The van der Waals surface area contributed by atoms with Gasteiger partial charge in [-0.3, -0.25) is 10.9 Å². The van der Waals surface area contributed by atoms with Crippen molar-refractivity contribution in [2.45, 2.75) is 51.2 Å². The third kappa shape index (κ3) is 3.88. The van der Waals surface area contributed by atoms with Gasteiger partial charge in [-0.2, -0.15) is 4.98 Å². The van der Waals surface area contributed by atoms with Crippen LogP contribution in [-0.2, 0) is 0 Å². The van der Waals surface area contributed by atoms with Gasteiger partial charge in [0.15, 0.2) is 0 Å². The van der Waals surface area contributed by atoms with Gasteiger partial charge in [-0.25, -0.2) is 4.98 Å². The third-order valence-electron chi connectivity index (χ3n) is 5.92. The number of fused-ring (bicyclic) bond motifs is 1. The van der Waals surface area contributed by atoms with Crippen LogP contribution in [0, 0.1) is 11.8 Å². The van der Waals surface area contributed by atoms with Gasteiger partial charge < -0.3 is 15.5 Å². The molecule has 4 unspecified atom stereocenters. The summed E-state index contributed by atoms with van der Waals surface area (Å²) in [5, 5.41) is 7.25. The fraction of sp³-hybridized carbons (Fsp3) is 0.778. The Labute approximate surface area is 150 Å². The predicted molar refractivity (Wildman–Crippen MR) is 101 cm³/mol. The quantitative estimate of drug-likeness (QED) is 0.648. The van der Waals surface area contributed by atoms with E-state index in [0.29, 0.717) is 24.0 Å². The van der Waals surface area contributed by atoms with Gasteiger partial charge in [0, 0.05) is 50.5 Å². The molecule has 0 bridgehead atoms. The number of anilines is 2. The molecule has 1 aliphatic carbocycles. The van der Waals surface area contributed by atoms with Crippen LogP contribution in [0.3, 0.4) is 0 Å². The van der Waals surface area contributed by atoms with Crippen molar-refractivity contribution in [1.82, 2.24) is 26.1 Å². The molecule has 4 N–H and O–H groups in total. The lowest BCUT2D eigenvalue weighted by atomic mass is 9.83. The summed E-state index contributed by atoms with van der Waals surface area (Å²) in [5.41, 5.74) is 6.69. The maximum atomic E-state index is 4.81. The molecule has 3 heterocycles. The Hall–Kier alpha value is -1.44. The molecule has 7 nitrogen and oxygen atoms in total. The first-order valence-electron chi connectivity index (χ1n) is 9.75. The number of hydrazine groups is 1. The van der Waals surface area contributed by atoms with Crippen LogP contribution in [0.5, 0.6) is 0 Å². The van der Waals surface area contributed by atoms with Crippen LogP contribution >= 0.6 is 0 Å². The van der Waals surface area contributed by atoms with E-state index in [1.165, 1.54) is 19.3 Å². The molecule has 0 radical (unpaired) electrons. The van der Waals surface area contributed by atoms with Crippen LogP contribution < -0.4 is 26.4 Å². The SMILES string of the molecule is CC(C)C1CN(c2nccc(NC3CCC4NNCC4C3)n2)CCN1. The molecule has 1 aromatic heterocycles. The lowest BCUT2D eigenvalue weighted by Gasteiger charge is -2.36. The minimum atomic E-state index is 0.506. The Balaban J connectivity index is 1.39. The molecule has 3 fully saturated rings. The molecule has 1 saturated carbocycles. The molecular formula is C18H31N7. The van der Waals surface area contributed by atoms with E-state index in [2.05, 4.69) is 45.2 Å². The van der Waals surface area contributed by atoms with E-state index >= 15 is 0 Å². The zero-order chi connectivity index (χ0) is 17.2. The molecule has 138 valence electrons. The van der Waals surface area contributed by atoms with Crippen LogP contribution in [0.25, 0.3) is 0 Å². The maximum Gasteiger partial charge on any atom is 0.227 e. The Morgan fingerprint density at radius 2 is 2.24 bits per heavy atom. The molecule has 7 heteroatoms. The van der Waals surface area contributed by atoms with Crippen LogP contribution in [-0.4, -0.2) is 54.3 Å².